The predicted molar refractivity (Wildman–Crippen MR) is 117 cm³/mol. The lowest BCUT2D eigenvalue weighted by Gasteiger charge is -2.30. The fraction of sp³-hybridized carbons (Fsp3) is 0.550. The number of rotatable bonds is 5. The van der Waals surface area contributed by atoms with Crippen LogP contribution < -0.4 is 16.0 Å². The van der Waals surface area contributed by atoms with E-state index in [0.717, 1.165) is 38.5 Å². The zero-order chi connectivity index (χ0) is 19.2. The van der Waals surface area contributed by atoms with Crippen molar-refractivity contribution in [1.82, 2.24) is 16.0 Å². The largest absolute Gasteiger partial charge is 0.354 e. The van der Waals surface area contributed by atoms with Crippen molar-refractivity contribution in [1.29, 1.82) is 5.26 Å². The first-order chi connectivity index (χ1) is 13.1. The molecule has 1 aromatic carbocycles. The Hall–Kier alpha value is -1.89. The summed E-state index contributed by atoms with van der Waals surface area (Å²) in [5.41, 5.74) is 0.843. The topological polar surface area (TPSA) is 89.3 Å². The van der Waals surface area contributed by atoms with Crippen LogP contribution in [0.5, 0.6) is 0 Å². The van der Waals surface area contributed by atoms with E-state index < -0.39 is 0 Å². The standard InChI is InChI=1S/C20H26FN5O.HI/c1-23-20(24-12-15-9-13(11-22)5-8-18(15)21)26-17-4-2-3-14(10-17)19(27)25-16-6-7-16;/h5,8-9,14,16-17H,2-4,6-7,10,12H2,1H3,(H,25,27)(H2,23,24,26);1H. The second-order valence-electron chi connectivity index (χ2n) is 7.33. The van der Waals surface area contributed by atoms with Gasteiger partial charge < -0.3 is 16.0 Å². The first-order valence-corrected chi connectivity index (χ1v) is 9.55. The molecule has 0 radical (unpaired) electrons. The summed E-state index contributed by atoms with van der Waals surface area (Å²) in [6, 6.07) is 6.86. The highest BCUT2D eigenvalue weighted by Crippen LogP contribution is 2.26. The molecule has 3 N–H and O–H groups in total. The molecule has 2 saturated carbocycles. The summed E-state index contributed by atoms with van der Waals surface area (Å²) in [6.45, 7) is 0.235. The van der Waals surface area contributed by atoms with Crippen molar-refractivity contribution in [2.75, 3.05) is 7.05 Å². The van der Waals surface area contributed by atoms with Crippen LogP contribution in [0.1, 0.15) is 49.7 Å². The van der Waals surface area contributed by atoms with Crippen molar-refractivity contribution < 1.29 is 9.18 Å². The second-order valence-corrected chi connectivity index (χ2v) is 7.33. The highest BCUT2D eigenvalue weighted by atomic mass is 127. The van der Waals surface area contributed by atoms with Crippen LogP contribution in [-0.2, 0) is 11.3 Å². The highest BCUT2D eigenvalue weighted by Gasteiger charge is 2.31. The van der Waals surface area contributed by atoms with Crippen LogP contribution in [0.25, 0.3) is 0 Å². The van der Waals surface area contributed by atoms with Crippen molar-refractivity contribution in [3.63, 3.8) is 0 Å². The van der Waals surface area contributed by atoms with Gasteiger partial charge in [-0.05, 0) is 50.3 Å². The molecule has 2 aliphatic carbocycles. The van der Waals surface area contributed by atoms with Crippen molar-refractivity contribution in [2.45, 2.75) is 57.2 Å². The van der Waals surface area contributed by atoms with Crippen molar-refractivity contribution in [3.8, 4) is 6.07 Å². The van der Waals surface area contributed by atoms with Crippen LogP contribution in [0.2, 0.25) is 0 Å². The van der Waals surface area contributed by atoms with Gasteiger partial charge in [-0.2, -0.15) is 5.26 Å². The molecule has 8 heteroatoms. The maximum absolute atomic E-state index is 13.9. The third-order valence-corrected chi connectivity index (χ3v) is 5.15. The van der Waals surface area contributed by atoms with E-state index in [0.29, 0.717) is 23.1 Å². The van der Waals surface area contributed by atoms with Gasteiger partial charge in [-0.25, -0.2) is 4.39 Å². The van der Waals surface area contributed by atoms with E-state index >= 15 is 0 Å². The second kappa shape index (κ2) is 10.6. The first kappa shape index (κ1) is 22.4. The van der Waals surface area contributed by atoms with Gasteiger partial charge in [0.15, 0.2) is 5.96 Å². The zero-order valence-corrected chi connectivity index (χ0v) is 18.3. The number of nitrogens with one attached hydrogen (secondary N) is 3. The number of benzene rings is 1. The Morgan fingerprint density at radius 1 is 1.25 bits per heavy atom. The molecule has 0 aliphatic heterocycles. The molecule has 2 aliphatic rings. The molecule has 0 saturated heterocycles. The number of hydrogen-bond acceptors (Lipinski definition) is 3. The van der Waals surface area contributed by atoms with Crippen LogP contribution in [0.3, 0.4) is 0 Å². The first-order valence-electron chi connectivity index (χ1n) is 9.55. The van der Waals surface area contributed by atoms with Gasteiger partial charge in [0.05, 0.1) is 11.6 Å². The monoisotopic (exact) mass is 499 g/mol. The Labute approximate surface area is 182 Å². The van der Waals surface area contributed by atoms with Crippen molar-refractivity contribution in [3.05, 3.63) is 35.1 Å². The molecule has 28 heavy (non-hydrogen) atoms. The van der Waals surface area contributed by atoms with Crippen LogP contribution in [0.15, 0.2) is 23.2 Å². The third-order valence-electron chi connectivity index (χ3n) is 5.15. The lowest BCUT2D eigenvalue weighted by atomic mass is 9.85. The van der Waals surface area contributed by atoms with E-state index in [1.165, 1.54) is 18.2 Å². The Kier molecular flexibility index (Phi) is 8.48. The van der Waals surface area contributed by atoms with Gasteiger partial charge in [0.1, 0.15) is 5.82 Å². The van der Waals surface area contributed by atoms with Crippen molar-refractivity contribution in [2.24, 2.45) is 10.9 Å². The lowest BCUT2D eigenvalue weighted by Crippen LogP contribution is -2.47. The van der Waals surface area contributed by atoms with E-state index in [4.69, 9.17) is 5.26 Å². The molecular weight excluding hydrogens is 472 g/mol. The molecule has 3 rings (SSSR count). The number of guanidine groups is 1. The minimum atomic E-state index is -0.355. The zero-order valence-electron chi connectivity index (χ0n) is 16.0. The minimum Gasteiger partial charge on any atom is -0.354 e. The average molecular weight is 499 g/mol. The Bertz CT molecular complexity index is 759. The van der Waals surface area contributed by atoms with Gasteiger partial charge in [-0.3, -0.25) is 9.79 Å². The predicted octanol–water partition coefficient (Wildman–Crippen LogP) is 2.82. The molecule has 1 aromatic rings. The van der Waals surface area contributed by atoms with Gasteiger partial charge in [0, 0.05) is 37.2 Å². The van der Waals surface area contributed by atoms with E-state index in [1.54, 1.807) is 7.05 Å². The minimum absolute atomic E-state index is 0. The van der Waals surface area contributed by atoms with E-state index in [-0.39, 0.29) is 54.2 Å². The third kappa shape index (κ3) is 6.33. The Morgan fingerprint density at radius 3 is 2.71 bits per heavy atom. The SMILES string of the molecule is CN=C(NCc1cc(C#N)ccc1F)NC1CCCC(C(=O)NC2CC2)C1.I. The summed E-state index contributed by atoms with van der Waals surface area (Å²) in [6.07, 6.45) is 5.87. The number of aliphatic imine (C=N–C) groups is 1. The summed E-state index contributed by atoms with van der Waals surface area (Å²) in [5.74, 6) is 0.429. The molecule has 0 heterocycles. The maximum Gasteiger partial charge on any atom is 0.223 e. The Morgan fingerprint density at radius 2 is 2.04 bits per heavy atom. The summed E-state index contributed by atoms with van der Waals surface area (Å²) < 4.78 is 13.9. The number of amides is 1. The molecule has 6 nitrogen and oxygen atoms in total. The quantitative estimate of drug-likeness (QED) is 0.330. The van der Waals surface area contributed by atoms with Crippen molar-refractivity contribution >= 4 is 35.8 Å². The molecule has 1 amide bonds. The van der Waals surface area contributed by atoms with Gasteiger partial charge in [0.25, 0.3) is 0 Å². The van der Waals surface area contributed by atoms with Gasteiger partial charge in [0.2, 0.25) is 5.91 Å². The van der Waals surface area contributed by atoms with Gasteiger partial charge in [-0.15, -0.1) is 24.0 Å². The number of nitrogens with zero attached hydrogens (tertiary/aromatic N) is 2. The molecule has 0 aromatic heterocycles. The molecule has 152 valence electrons. The number of halogens is 2. The molecule has 0 bridgehead atoms. The number of nitriles is 1. The van der Waals surface area contributed by atoms with Crippen LogP contribution >= 0.6 is 24.0 Å². The average Bonchev–Trinajstić information content (AvgIpc) is 3.50. The molecular formula is C20H27FIN5O. The Balaban J connectivity index is 0.00000280. The summed E-state index contributed by atoms with van der Waals surface area (Å²) in [4.78, 5) is 16.5. The number of carbonyl (C=O) groups is 1. The van der Waals surface area contributed by atoms with E-state index in [2.05, 4.69) is 20.9 Å². The van der Waals surface area contributed by atoms with Crippen LogP contribution in [0.4, 0.5) is 4.39 Å². The fourth-order valence-corrected chi connectivity index (χ4v) is 3.45. The van der Waals surface area contributed by atoms with Gasteiger partial charge in [-0.1, -0.05) is 6.42 Å². The summed E-state index contributed by atoms with van der Waals surface area (Å²) >= 11 is 0. The molecule has 2 fully saturated rings. The van der Waals surface area contributed by atoms with Crippen LogP contribution in [-0.4, -0.2) is 31.0 Å². The number of carbonyl (C=O) groups excluding carboxylic acids is 1. The van der Waals surface area contributed by atoms with E-state index in [9.17, 15) is 9.18 Å². The maximum atomic E-state index is 13.9. The molecule has 2 atom stereocenters. The van der Waals surface area contributed by atoms with Gasteiger partial charge >= 0.3 is 0 Å². The van der Waals surface area contributed by atoms with E-state index in [1.807, 2.05) is 6.07 Å². The molecule has 0 spiro atoms. The fourth-order valence-electron chi connectivity index (χ4n) is 3.45. The number of hydrogen-bond donors (Lipinski definition) is 3. The summed E-state index contributed by atoms with van der Waals surface area (Å²) in [5, 5.41) is 18.5. The highest BCUT2D eigenvalue weighted by molar-refractivity contribution is 14.0. The summed E-state index contributed by atoms with van der Waals surface area (Å²) in [7, 11) is 1.66. The molecule has 2 unspecified atom stereocenters. The van der Waals surface area contributed by atoms with Crippen LogP contribution in [0, 0.1) is 23.1 Å². The lowest BCUT2D eigenvalue weighted by molar-refractivity contribution is -0.126. The normalized spacial score (nSPS) is 21.8. The smallest absolute Gasteiger partial charge is 0.223 e.